The highest BCUT2D eigenvalue weighted by Gasteiger charge is 2.62. The summed E-state index contributed by atoms with van der Waals surface area (Å²) in [5.74, 6) is 0.965. The largest absolute Gasteiger partial charge is 0.381 e. The minimum Gasteiger partial charge on any atom is -0.381 e. The van der Waals surface area contributed by atoms with Gasteiger partial charge in [0.05, 0.1) is 26.4 Å². The zero-order valence-electron chi connectivity index (χ0n) is 15.0. The molecule has 1 aromatic rings. The Balaban J connectivity index is 1.42. The summed E-state index contributed by atoms with van der Waals surface area (Å²) in [6.45, 7) is 3.34. The van der Waals surface area contributed by atoms with Crippen molar-refractivity contribution in [2.45, 2.75) is 11.5 Å². The van der Waals surface area contributed by atoms with Gasteiger partial charge in [-0.25, -0.2) is 0 Å². The van der Waals surface area contributed by atoms with Gasteiger partial charge in [0.2, 0.25) is 5.91 Å². The van der Waals surface area contributed by atoms with Crippen LogP contribution in [0.3, 0.4) is 0 Å². The highest BCUT2D eigenvalue weighted by Crippen LogP contribution is 2.52. The summed E-state index contributed by atoms with van der Waals surface area (Å²) < 4.78 is 11.6. The fourth-order valence-electron chi connectivity index (χ4n) is 5.13. The normalized spacial score (nSPS) is 38.7. The molecule has 6 heteroatoms. The van der Waals surface area contributed by atoms with E-state index >= 15 is 0 Å². The molecule has 0 bridgehead atoms. The van der Waals surface area contributed by atoms with E-state index in [1.165, 1.54) is 0 Å². The van der Waals surface area contributed by atoms with Crippen LogP contribution in [0.2, 0.25) is 0 Å². The van der Waals surface area contributed by atoms with Gasteiger partial charge in [-0.05, 0) is 17.4 Å². The highest BCUT2D eigenvalue weighted by atomic mass is 16.5. The summed E-state index contributed by atoms with van der Waals surface area (Å²) in [6, 6.07) is 10.0. The third-order valence-electron chi connectivity index (χ3n) is 6.63. The standard InChI is InChI=1S/C20H24N2O4/c1-21-9-16(13-5-3-2-4-6-13)20(19(21)24)12-22(7-8-26-20)18(23)17-14-10-25-11-15(14)17/h2-6,14-17H,7-12H2,1H3/t14-,15+,16?,17?,20?. The molecular formula is C20H24N2O4. The molecule has 1 aromatic carbocycles. The quantitative estimate of drug-likeness (QED) is 0.784. The first-order chi connectivity index (χ1) is 12.6. The molecule has 6 nitrogen and oxygen atoms in total. The molecule has 138 valence electrons. The first kappa shape index (κ1) is 16.3. The van der Waals surface area contributed by atoms with Gasteiger partial charge in [0.15, 0.2) is 5.60 Å². The number of likely N-dealkylation sites (N-methyl/N-ethyl adjacent to an activating group) is 1. The van der Waals surface area contributed by atoms with Gasteiger partial charge in [-0.2, -0.15) is 0 Å². The number of morpholine rings is 1. The van der Waals surface area contributed by atoms with Gasteiger partial charge in [0.1, 0.15) is 0 Å². The predicted molar refractivity (Wildman–Crippen MR) is 93.4 cm³/mol. The first-order valence-electron chi connectivity index (χ1n) is 9.43. The second-order valence-electron chi connectivity index (χ2n) is 8.04. The number of amides is 2. The molecule has 5 atom stereocenters. The first-order valence-corrected chi connectivity index (χ1v) is 9.43. The van der Waals surface area contributed by atoms with E-state index in [1.54, 1.807) is 4.90 Å². The molecule has 0 N–H and O–H groups in total. The molecule has 1 saturated carbocycles. The minimum absolute atomic E-state index is 0.0109. The fraction of sp³-hybridized carbons (Fsp3) is 0.600. The Bertz CT molecular complexity index is 729. The zero-order valence-corrected chi connectivity index (χ0v) is 15.0. The number of hydrogen-bond acceptors (Lipinski definition) is 4. The van der Waals surface area contributed by atoms with Crippen LogP contribution >= 0.6 is 0 Å². The summed E-state index contributed by atoms with van der Waals surface area (Å²) in [5.41, 5.74) is 0.140. The Morgan fingerprint density at radius 2 is 1.92 bits per heavy atom. The van der Waals surface area contributed by atoms with E-state index in [0.29, 0.717) is 51.3 Å². The number of carbonyl (C=O) groups excluding carboxylic acids is 2. The third-order valence-corrected chi connectivity index (χ3v) is 6.63. The number of ether oxygens (including phenoxy) is 2. The lowest BCUT2D eigenvalue weighted by Gasteiger charge is -2.42. The number of benzene rings is 1. The Hall–Kier alpha value is -1.92. The van der Waals surface area contributed by atoms with Gasteiger partial charge >= 0.3 is 0 Å². The highest BCUT2D eigenvalue weighted by molar-refractivity contribution is 5.91. The third kappa shape index (κ3) is 2.25. The van der Waals surface area contributed by atoms with E-state index in [-0.39, 0.29) is 23.7 Å². The molecular weight excluding hydrogens is 332 g/mol. The van der Waals surface area contributed by atoms with Crippen molar-refractivity contribution in [2.24, 2.45) is 17.8 Å². The molecule has 1 aliphatic carbocycles. The molecule has 3 saturated heterocycles. The maximum Gasteiger partial charge on any atom is 0.257 e. The molecule has 26 heavy (non-hydrogen) atoms. The average Bonchev–Trinajstić information content (AvgIpc) is 3.04. The van der Waals surface area contributed by atoms with Gasteiger partial charge in [-0.3, -0.25) is 9.59 Å². The van der Waals surface area contributed by atoms with E-state index in [4.69, 9.17) is 9.47 Å². The van der Waals surface area contributed by atoms with Crippen LogP contribution in [0.5, 0.6) is 0 Å². The van der Waals surface area contributed by atoms with Crippen LogP contribution in [-0.2, 0) is 19.1 Å². The van der Waals surface area contributed by atoms with Crippen molar-refractivity contribution in [3.05, 3.63) is 35.9 Å². The molecule has 0 aromatic heterocycles. The summed E-state index contributed by atoms with van der Waals surface area (Å²) in [5, 5.41) is 0. The summed E-state index contributed by atoms with van der Waals surface area (Å²) >= 11 is 0. The Morgan fingerprint density at radius 3 is 2.65 bits per heavy atom. The fourth-order valence-corrected chi connectivity index (χ4v) is 5.13. The maximum absolute atomic E-state index is 13.1. The molecule has 2 amide bonds. The monoisotopic (exact) mass is 356 g/mol. The average molecular weight is 356 g/mol. The minimum atomic E-state index is -0.954. The number of hydrogen-bond donors (Lipinski definition) is 0. The van der Waals surface area contributed by atoms with Crippen LogP contribution in [0.25, 0.3) is 0 Å². The Labute approximate surface area is 153 Å². The van der Waals surface area contributed by atoms with E-state index in [1.807, 2.05) is 42.3 Å². The predicted octanol–water partition coefficient (Wildman–Crippen LogP) is 0.732. The second-order valence-corrected chi connectivity index (χ2v) is 8.04. The van der Waals surface area contributed by atoms with Crippen molar-refractivity contribution in [3.8, 4) is 0 Å². The topological polar surface area (TPSA) is 59.1 Å². The van der Waals surface area contributed by atoms with Gasteiger partial charge in [-0.1, -0.05) is 30.3 Å². The number of rotatable bonds is 2. The molecule has 3 unspecified atom stereocenters. The van der Waals surface area contributed by atoms with E-state index in [9.17, 15) is 9.59 Å². The lowest BCUT2D eigenvalue weighted by Crippen LogP contribution is -2.59. The Morgan fingerprint density at radius 1 is 1.19 bits per heavy atom. The van der Waals surface area contributed by atoms with Crippen molar-refractivity contribution in [2.75, 3.05) is 46.5 Å². The van der Waals surface area contributed by atoms with E-state index < -0.39 is 5.60 Å². The van der Waals surface area contributed by atoms with Crippen molar-refractivity contribution in [3.63, 3.8) is 0 Å². The van der Waals surface area contributed by atoms with E-state index in [2.05, 4.69) is 0 Å². The lowest BCUT2D eigenvalue weighted by molar-refractivity contribution is -0.168. The molecule has 5 rings (SSSR count). The second kappa shape index (κ2) is 5.79. The molecule has 4 aliphatic rings. The van der Waals surface area contributed by atoms with Crippen LogP contribution in [0, 0.1) is 17.8 Å². The maximum atomic E-state index is 13.1. The summed E-state index contributed by atoms with van der Waals surface area (Å²) in [6.07, 6.45) is 0. The van der Waals surface area contributed by atoms with Crippen molar-refractivity contribution < 1.29 is 19.1 Å². The van der Waals surface area contributed by atoms with Crippen molar-refractivity contribution in [1.82, 2.24) is 9.80 Å². The van der Waals surface area contributed by atoms with Crippen LogP contribution in [0.15, 0.2) is 30.3 Å². The van der Waals surface area contributed by atoms with Gasteiger partial charge in [0.25, 0.3) is 5.91 Å². The van der Waals surface area contributed by atoms with Crippen LogP contribution in [0.4, 0.5) is 0 Å². The number of likely N-dealkylation sites (tertiary alicyclic amines) is 1. The van der Waals surface area contributed by atoms with Gasteiger partial charge < -0.3 is 19.3 Å². The number of fused-ring (bicyclic) bond motifs is 1. The number of carbonyl (C=O) groups is 2. The van der Waals surface area contributed by atoms with Gasteiger partial charge in [-0.15, -0.1) is 0 Å². The van der Waals surface area contributed by atoms with Crippen molar-refractivity contribution in [1.29, 1.82) is 0 Å². The summed E-state index contributed by atoms with van der Waals surface area (Å²) in [4.78, 5) is 29.7. The zero-order chi connectivity index (χ0) is 17.9. The molecule has 1 spiro atoms. The molecule has 3 heterocycles. The molecule has 4 fully saturated rings. The van der Waals surface area contributed by atoms with Crippen LogP contribution in [-0.4, -0.2) is 73.7 Å². The summed E-state index contributed by atoms with van der Waals surface area (Å²) in [7, 11) is 1.82. The van der Waals surface area contributed by atoms with Crippen molar-refractivity contribution >= 4 is 11.8 Å². The smallest absolute Gasteiger partial charge is 0.257 e. The molecule has 0 radical (unpaired) electrons. The van der Waals surface area contributed by atoms with E-state index in [0.717, 1.165) is 5.56 Å². The van der Waals surface area contributed by atoms with Crippen LogP contribution < -0.4 is 0 Å². The molecule has 3 aliphatic heterocycles. The lowest BCUT2D eigenvalue weighted by atomic mass is 9.83. The van der Waals surface area contributed by atoms with Gasteiger partial charge in [0, 0.05) is 32.0 Å². The SMILES string of the molecule is CN1CC(c2ccccc2)C2(CN(C(=O)C3[C@H]4COC[C@@H]34)CCO2)C1=O. The van der Waals surface area contributed by atoms with Crippen LogP contribution in [0.1, 0.15) is 11.5 Å². The Kier molecular flexibility index (Phi) is 3.62. The number of nitrogens with zero attached hydrogens (tertiary/aromatic N) is 2.